The fourth-order valence-electron chi connectivity index (χ4n) is 2.77. The van der Waals surface area contributed by atoms with Gasteiger partial charge in [-0.2, -0.15) is 0 Å². The second kappa shape index (κ2) is 6.93. The average Bonchev–Trinajstić information content (AvgIpc) is 2.55. The number of carbonyl (C=O) groups excluding carboxylic acids is 1. The molecule has 0 bridgehead atoms. The lowest BCUT2D eigenvalue weighted by atomic mass is 9.95. The predicted molar refractivity (Wildman–Crippen MR) is 94.8 cm³/mol. The summed E-state index contributed by atoms with van der Waals surface area (Å²) in [6.45, 7) is 1.00. The summed E-state index contributed by atoms with van der Waals surface area (Å²) in [5, 5.41) is 0.670. The van der Waals surface area contributed by atoms with Gasteiger partial charge in [0, 0.05) is 23.1 Å². The van der Waals surface area contributed by atoms with E-state index in [4.69, 9.17) is 16.3 Å². The normalized spacial score (nSPS) is 16.4. The van der Waals surface area contributed by atoms with E-state index in [2.05, 4.69) is 15.9 Å². The monoisotopic (exact) mass is 393 g/mol. The molecule has 1 heterocycles. The Hall–Kier alpha value is -1.52. The van der Waals surface area contributed by atoms with Crippen molar-refractivity contribution in [2.45, 2.75) is 13.0 Å². The molecule has 0 saturated heterocycles. The maximum absolute atomic E-state index is 12.7. The van der Waals surface area contributed by atoms with Crippen LogP contribution < -0.4 is 4.74 Å². The summed E-state index contributed by atoms with van der Waals surface area (Å²) in [7, 11) is 1.83. The Labute approximate surface area is 149 Å². The van der Waals surface area contributed by atoms with E-state index in [1.807, 2.05) is 49.5 Å². The van der Waals surface area contributed by atoms with Gasteiger partial charge in [-0.1, -0.05) is 39.7 Å². The summed E-state index contributed by atoms with van der Waals surface area (Å²) < 4.78 is 6.75. The van der Waals surface area contributed by atoms with Crippen LogP contribution in [-0.4, -0.2) is 24.5 Å². The van der Waals surface area contributed by atoms with Gasteiger partial charge in [-0.15, -0.1) is 0 Å². The molecule has 0 aromatic heterocycles. The van der Waals surface area contributed by atoms with E-state index in [-0.39, 0.29) is 11.8 Å². The molecule has 1 aliphatic heterocycles. The fourth-order valence-corrected chi connectivity index (χ4v) is 3.23. The maximum atomic E-state index is 12.7. The van der Waals surface area contributed by atoms with Gasteiger partial charge in [0.25, 0.3) is 0 Å². The first kappa shape index (κ1) is 16.3. The number of rotatable bonds is 3. The fraction of sp³-hybridized carbons (Fsp3) is 0.278. The van der Waals surface area contributed by atoms with Crippen LogP contribution >= 0.6 is 27.5 Å². The third-order valence-corrected chi connectivity index (χ3v) is 4.75. The Morgan fingerprint density at radius 1 is 1.30 bits per heavy atom. The lowest BCUT2D eigenvalue weighted by Gasteiger charge is -2.28. The Balaban J connectivity index is 1.67. The zero-order valence-corrected chi connectivity index (χ0v) is 15.1. The largest absolute Gasteiger partial charge is 0.492 e. The van der Waals surface area contributed by atoms with Crippen molar-refractivity contribution in [1.29, 1.82) is 0 Å². The van der Waals surface area contributed by atoms with Crippen molar-refractivity contribution in [3.8, 4) is 5.75 Å². The van der Waals surface area contributed by atoms with Gasteiger partial charge in [0.1, 0.15) is 12.4 Å². The number of carbonyl (C=O) groups is 1. The standard InChI is InChI=1S/C18H17BrClNO2/c1-21(10-12-2-4-15(19)5-3-12)18(22)14-8-13-9-16(20)6-7-17(13)23-11-14/h2-7,9,14H,8,10-11H2,1H3. The quantitative estimate of drug-likeness (QED) is 0.776. The Kier molecular flexibility index (Phi) is 4.93. The second-order valence-corrected chi connectivity index (χ2v) is 7.14. The number of ether oxygens (including phenoxy) is 1. The molecular formula is C18H17BrClNO2. The van der Waals surface area contributed by atoms with Crippen molar-refractivity contribution in [2.75, 3.05) is 13.7 Å². The van der Waals surface area contributed by atoms with Crippen molar-refractivity contribution in [2.24, 2.45) is 5.92 Å². The zero-order valence-electron chi connectivity index (χ0n) is 12.8. The van der Waals surface area contributed by atoms with Crippen LogP contribution in [0.4, 0.5) is 0 Å². The van der Waals surface area contributed by atoms with E-state index in [1.54, 1.807) is 4.90 Å². The van der Waals surface area contributed by atoms with Gasteiger partial charge in [-0.25, -0.2) is 0 Å². The predicted octanol–water partition coefficient (Wildman–Crippen LogP) is 4.31. The summed E-state index contributed by atoms with van der Waals surface area (Å²) in [5.41, 5.74) is 2.10. The number of benzene rings is 2. The number of hydrogen-bond donors (Lipinski definition) is 0. The number of nitrogens with zero attached hydrogens (tertiary/aromatic N) is 1. The van der Waals surface area contributed by atoms with Gasteiger partial charge < -0.3 is 9.64 Å². The molecule has 3 rings (SSSR count). The first-order valence-corrected chi connectivity index (χ1v) is 8.60. The highest BCUT2D eigenvalue weighted by atomic mass is 79.9. The van der Waals surface area contributed by atoms with Gasteiger partial charge >= 0.3 is 0 Å². The van der Waals surface area contributed by atoms with E-state index in [9.17, 15) is 4.79 Å². The molecule has 3 nitrogen and oxygen atoms in total. The molecule has 0 spiro atoms. The molecule has 23 heavy (non-hydrogen) atoms. The summed E-state index contributed by atoms with van der Waals surface area (Å²) in [6, 6.07) is 13.5. The molecule has 1 atom stereocenters. The van der Waals surface area contributed by atoms with E-state index in [1.165, 1.54) is 0 Å². The van der Waals surface area contributed by atoms with Crippen LogP contribution in [-0.2, 0) is 17.8 Å². The minimum absolute atomic E-state index is 0.0959. The van der Waals surface area contributed by atoms with Crippen molar-refractivity contribution < 1.29 is 9.53 Å². The SMILES string of the molecule is CN(Cc1ccc(Br)cc1)C(=O)C1COc2ccc(Cl)cc2C1. The minimum atomic E-state index is -0.165. The number of fused-ring (bicyclic) bond motifs is 1. The van der Waals surface area contributed by atoms with E-state index >= 15 is 0 Å². The van der Waals surface area contributed by atoms with Crippen LogP contribution in [0.2, 0.25) is 5.02 Å². The van der Waals surface area contributed by atoms with Gasteiger partial charge in [-0.05, 0) is 47.9 Å². The van der Waals surface area contributed by atoms with E-state index in [0.717, 1.165) is 21.3 Å². The Morgan fingerprint density at radius 2 is 2.04 bits per heavy atom. The molecule has 0 fully saturated rings. The van der Waals surface area contributed by atoms with E-state index in [0.29, 0.717) is 24.6 Å². The summed E-state index contributed by atoms with van der Waals surface area (Å²) in [4.78, 5) is 14.4. The lowest BCUT2D eigenvalue weighted by Crippen LogP contribution is -2.38. The topological polar surface area (TPSA) is 29.5 Å². The van der Waals surface area contributed by atoms with Gasteiger partial charge in [0.15, 0.2) is 0 Å². The van der Waals surface area contributed by atoms with Crippen molar-refractivity contribution in [1.82, 2.24) is 4.90 Å². The number of amides is 1. The van der Waals surface area contributed by atoms with Crippen LogP contribution in [0, 0.1) is 5.92 Å². The van der Waals surface area contributed by atoms with Gasteiger partial charge in [0.2, 0.25) is 5.91 Å². The molecule has 0 aliphatic carbocycles. The van der Waals surface area contributed by atoms with Crippen LogP contribution in [0.25, 0.3) is 0 Å². The van der Waals surface area contributed by atoms with Crippen LogP contribution in [0.3, 0.4) is 0 Å². The summed E-state index contributed by atoms with van der Waals surface area (Å²) >= 11 is 9.45. The molecule has 5 heteroatoms. The third-order valence-electron chi connectivity index (χ3n) is 3.99. The molecule has 0 saturated carbocycles. The molecule has 1 amide bonds. The number of halogens is 2. The maximum Gasteiger partial charge on any atom is 0.229 e. The zero-order chi connectivity index (χ0) is 16.4. The third kappa shape index (κ3) is 3.88. The molecule has 2 aromatic rings. The second-order valence-electron chi connectivity index (χ2n) is 5.78. The lowest BCUT2D eigenvalue weighted by molar-refractivity contribution is -0.136. The summed E-state index contributed by atoms with van der Waals surface area (Å²) in [5.74, 6) is 0.758. The molecular weight excluding hydrogens is 378 g/mol. The minimum Gasteiger partial charge on any atom is -0.492 e. The smallest absolute Gasteiger partial charge is 0.229 e. The molecule has 120 valence electrons. The summed E-state index contributed by atoms with van der Waals surface area (Å²) in [6.07, 6.45) is 0.666. The van der Waals surface area contributed by atoms with Crippen molar-refractivity contribution in [3.05, 3.63) is 63.1 Å². The highest BCUT2D eigenvalue weighted by molar-refractivity contribution is 9.10. The van der Waals surface area contributed by atoms with E-state index < -0.39 is 0 Å². The van der Waals surface area contributed by atoms with Gasteiger partial charge in [-0.3, -0.25) is 4.79 Å². The average molecular weight is 395 g/mol. The highest BCUT2D eigenvalue weighted by Crippen LogP contribution is 2.30. The molecule has 0 N–H and O–H groups in total. The molecule has 0 radical (unpaired) electrons. The van der Waals surface area contributed by atoms with Crippen LogP contribution in [0.1, 0.15) is 11.1 Å². The molecule has 2 aromatic carbocycles. The highest BCUT2D eigenvalue weighted by Gasteiger charge is 2.28. The van der Waals surface area contributed by atoms with Gasteiger partial charge in [0.05, 0.1) is 5.92 Å². The van der Waals surface area contributed by atoms with Crippen molar-refractivity contribution in [3.63, 3.8) is 0 Å². The first-order valence-electron chi connectivity index (χ1n) is 7.43. The van der Waals surface area contributed by atoms with Crippen LogP contribution in [0.15, 0.2) is 46.9 Å². The number of hydrogen-bond acceptors (Lipinski definition) is 2. The van der Waals surface area contributed by atoms with Crippen LogP contribution in [0.5, 0.6) is 5.75 Å². The molecule has 1 unspecified atom stereocenters. The molecule has 1 aliphatic rings. The Morgan fingerprint density at radius 3 is 2.78 bits per heavy atom. The Bertz CT molecular complexity index is 717. The van der Waals surface area contributed by atoms with Crippen molar-refractivity contribution >= 4 is 33.4 Å². The first-order chi connectivity index (χ1) is 11.0.